The largest absolute Gasteiger partial charge is 0.481 e. The zero-order chi connectivity index (χ0) is 33.8. The summed E-state index contributed by atoms with van der Waals surface area (Å²) < 4.78 is 18.7. The predicted octanol–water partition coefficient (Wildman–Crippen LogP) is 7.11. The Bertz CT molecular complexity index is 1190. The van der Waals surface area contributed by atoms with E-state index in [1.54, 1.807) is 13.8 Å². The molecule has 8 heteroatoms. The zero-order valence-electron chi connectivity index (χ0n) is 29.6. The van der Waals surface area contributed by atoms with Crippen LogP contribution in [-0.2, 0) is 28.6 Å². The number of carboxylic acid groups (broad SMARTS) is 1. The maximum Gasteiger partial charge on any atom is 0.306 e. The van der Waals surface area contributed by atoms with Gasteiger partial charge in [0.2, 0.25) is 0 Å². The summed E-state index contributed by atoms with van der Waals surface area (Å²) in [6.07, 6.45) is 12.6. The minimum atomic E-state index is -1.20. The minimum absolute atomic E-state index is 0.0586. The average Bonchev–Trinajstić information content (AvgIpc) is 3.23. The van der Waals surface area contributed by atoms with Gasteiger partial charge in [0, 0.05) is 12.3 Å². The van der Waals surface area contributed by atoms with Crippen molar-refractivity contribution in [3.05, 3.63) is 12.2 Å². The van der Waals surface area contributed by atoms with Gasteiger partial charge in [0.25, 0.3) is 0 Å². The summed E-state index contributed by atoms with van der Waals surface area (Å²) in [5.41, 5.74) is -1.24. The first-order valence-electron chi connectivity index (χ1n) is 18.0. The number of carbonyl (C=O) groups is 3. The highest BCUT2D eigenvalue weighted by Crippen LogP contribution is 2.65. The third kappa shape index (κ3) is 6.55. The molecule has 1 spiro atoms. The van der Waals surface area contributed by atoms with Crippen molar-refractivity contribution in [1.82, 2.24) is 0 Å². The van der Waals surface area contributed by atoms with Gasteiger partial charge in [-0.15, -0.1) is 0 Å². The highest BCUT2D eigenvalue weighted by atomic mass is 16.6. The van der Waals surface area contributed by atoms with Crippen LogP contribution in [0, 0.1) is 51.8 Å². The minimum Gasteiger partial charge on any atom is -0.481 e. The van der Waals surface area contributed by atoms with Crippen LogP contribution < -0.4 is 0 Å². The highest BCUT2D eigenvalue weighted by molar-refractivity contribution is 5.76. The van der Waals surface area contributed by atoms with Gasteiger partial charge < -0.3 is 24.4 Å². The van der Waals surface area contributed by atoms with Gasteiger partial charge in [0.1, 0.15) is 6.10 Å². The van der Waals surface area contributed by atoms with E-state index in [2.05, 4.69) is 46.8 Å². The number of aliphatic carboxylic acids is 1. The van der Waals surface area contributed by atoms with E-state index < -0.39 is 29.6 Å². The van der Waals surface area contributed by atoms with Crippen LogP contribution in [0.3, 0.4) is 0 Å². The number of carboxylic acids is 1. The van der Waals surface area contributed by atoms with E-state index in [-0.39, 0.29) is 47.4 Å². The zero-order valence-corrected chi connectivity index (χ0v) is 29.6. The fourth-order valence-corrected chi connectivity index (χ4v) is 11.4. The van der Waals surface area contributed by atoms with E-state index in [1.807, 2.05) is 0 Å². The standard InChI is InChI=1S/C38H60O8/c1-22-20-29(34(36(6,7)43)44-24(3)39)45-28-21-27-25-11-12-26-23(2)38(17-15-25,19-18-37(27,8)33(22)28)16-9-10-30(35(26,4)5)46-32(42)14-13-31(40)41/h15,17,22-23,25-30,33-34,43H,9-14,16,18-21H2,1-8H3,(H,40,41). The lowest BCUT2D eigenvalue weighted by Gasteiger charge is -2.56. The topological polar surface area (TPSA) is 119 Å². The molecule has 4 aliphatic carbocycles. The number of fused-ring (bicyclic) bond motifs is 6. The first-order valence-corrected chi connectivity index (χ1v) is 18.0. The van der Waals surface area contributed by atoms with Crippen molar-refractivity contribution in [2.45, 2.75) is 156 Å². The van der Waals surface area contributed by atoms with E-state index in [1.165, 1.54) is 6.92 Å². The highest BCUT2D eigenvalue weighted by Gasteiger charge is 2.61. The second-order valence-electron chi connectivity index (χ2n) is 17.3. The van der Waals surface area contributed by atoms with Gasteiger partial charge in [-0.3, -0.25) is 14.4 Å². The molecule has 5 aliphatic rings. The Balaban J connectivity index is 1.42. The van der Waals surface area contributed by atoms with Crippen LogP contribution in [0.5, 0.6) is 0 Å². The fraction of sp³-hybridized carbons (Fsp3) is 0.868. The smallest absolute Gasteiger partial charge is 0.306 e. The predicted molar refractivity (Wildman–Crippen MR) is 175 cm³/mol. The molecule has 12 unspecified atom stereocenters. The Hall–Kier alpha value is -1.93. The first-order chi connectivity index (χ1) is 21.4. The molecule has 0 aromatic heterocycles. The number of allylic oxidation sites excluding steroid dienone is 2. The summed E-state index contributed by atoms with van der Waals surface area (Å²) in [5, 5.41) is 20.1. The van der Waals surface area contributed by atoms with Gasteiger partial charge in [0.05, 0.1) is 30.7 Å². The van der Waals surface area contributed by atoms with Crippen molar-refractivity contribution >= 4 is 17.9 Å². The molecule has 0 aromatic rings. The SMILES string of the molecule is CC(=O)OC(C1CC(C)C2C(CC3C4C=CC5(CCCC(OC(=O)CCC(=O)O)C(C)(C)C(CC4)C5C)CCC32C)O1)C(C)(C)O. The van der Waals surface area contributed by atoms with Crippen LogP contribution in [0.2, 0.25) is 0 Å². The van der Waals surface area contributed by atoms with Crippen molar-refractivity contribution in [3.8, 4) is 0 Å². The Labute approximate surface area is 276 Å². The van der Waals surface area contributed by atoms with Crippen molar-refractivity contribution in [1.29, 1.82) is 0 Å². The lowest BCUT2D eigenvalue weighted by molar-refractivity contribution is -0.207. The molecule has 260 valence electrons. The average molecular weight is 645 g/mol. The van der Waals surface area contributed by atoms with Crippen LogP contribution in [0.25, 0.3) is 0 Å². The molecule has 1 heterocycles. The van der Waals surface area contributed by atoms with Gasteiger partial charge in [-0.25, -0.2) is 0 Å². The molecule has 2 saturated carbocycles. The third-order valence-corrected chi connectivity index (χ3v) is 13.7. The molecule has 2 N–H and O–H groups in total. The molecule has 3 bridgehead atoms. The number of esters is 2. The maximum absolute atomic E-state index is 12.7. The summed E-state index contributed by atoms with van der Waals surface area (Å²) in [4.78, 5) is 35.9. The summed E-state index contributed by atoms with van der Waals surface area (Å²) in [6.45, 7) is 16.7. The number of carbonyl (C=O) groups excluding carboxylic acids is 2. The molecule has 3 fully saturated rings. The molecule has 1 saturated heterocycles. The van der Waals surface area contributed by atoms with E-state index in [0.717, 1.165) is 57.8 Å². The van der Waals surface area contributed by atoms with Crippen LogP contribution in [0.1, 0.15) is 126 Å². The Kier molecular flexibility index (Phi) is 9.87. The van der Waals surface area contributed by atoms with Crippen LogP contribution in [-0.4, -0.2) is 58.1 Å². The first kappa shape index (κ1) is 35.4. The van der Waals surface area contributed by atoms with Crippen molar-refractivity contribution < 1.29 is 38.8 Å². The van der Waals surface area contributed by atoms with E-state index in [0.29, 0.717) is 35.5 Å². The lowest BCUT2D eigenvalue weighted by Crippen LogP contribution is -2.54. The van der Waals surface area contributed by atoms with Crippen molar-refractivity contribution in [2.75, 3.05) is 0 Å². The molecule has 5 rings (SSSR count). The number of hydrogen-bond donors (Lipinski definition) is 2. The second-order valence-corrected chi connectivity index (χ2v) is 17.3. The fourth-order valence-electron chi connectivity index (χ4n) is 11.4. The number of aliphatic hydroxyl groups is 1. The molecule has 1 aliphatic heterocycles. The van der Waals surface area contributed by atoms with Crippen LogP contribution >= 0.6 is 0 Å². The molecule has 12 atom stereocenters. The molecule has 0 radical (unpaired) electrons. The normalized spacial score (nSPS) is 42.5. The number of hydrogen-bond acceptors (Lipinski definition) is 7. The molecular weight excluding hydrogens is 584 g/mol. The summed E-state index contributed by atoms with van der Waals surface area (Å²) >= 11 is 0. The van der Waals surface area contributed by atoms with Gasteiger partial charge in [-0.2, -0.15) is 0 Å². The molecule has 0 aromatic carbocycles. The van der Waals surface area contributed by atoms with E-state index in [9.17, 15) is 19.5 Å². The Morgan fingerprint density at radius 3 is 2.37 bits per heavy atom. The molecule has 0 amide bonds. The van der Waals surface area contributed by atoms with E-state index >= 15 is 0 Å². The van der Waals surface area contributed by atoms with Crippen molar-refractivity contribution in [2.24, 2.45) is 51.8 Å². The Morgan fingerprint density at radius 1 is 1.00 bits per heavy atom. The number of ether oxygens (including phenoxy) is 3. The van der Waals surface area contributed by atoms with Gasteiger partial charge in [-0.05, 0) is 118 Å². The molecular formula is C38H60O8. The van der Waals surface area contributed by atoms with Gasteiger partial charge >= 0.3 is 17.9 Å². The monoisotopic (exact) mass is 644 g/mol. The quantitative estimate of drug-likeness (QED) is 0.222. The summed E-state index contributed by atoms with van der Waals surface area (Å²) in [7, 11) is 0. The van der Waals surface area contributed by atoms with Crippen LogP contribution in [0.4, 0.5) is 0 Å². The molecule has 8 nitrogen and oxygen atoms in total. The third-order valence-electron chi connectivity index (χ3n) is 13.7. The second kappa shape index (κ2) is 12.8. The molecule has 46 heavy (non-hydrogen) atoms. The van der Waals surface area contributed by atoms with Crippen molar-refractivity contribution in [3.63, 3.8) is 0 Å². The van der Waals surface area contributed by atoms with Gasteiger partial charge in [0.15, 0.2) is 6.10 Å². The summed E-state index contributed by atoms with van der Waals surface area (Å²) in [5.74, 6) is 0.676. The Morgan fingerprint density at radius 2 is 1.72 bits per heavy atom. The number of rotatable bonds is 7. The van der Waals surface area contributed by atoms with E-state index in [4.69, 9.17) is 19.3 Å². The summed E-state index contributed by atoms with van der Waals surface area (Å²) in [6, 6.07) is 0. The van der Waals surface area contributed by atoms with Crippen LogP contribution in [0.15, 0.2) is 12.2 Å². The van der Waals surface area contributed by atoms with Gasteiger partial charge in [-0.1, -0.05) is 46.8 Å². The lowest BCUT2D eigenvalue weighted by atomic mass is 9.50. The maximum atomic E-state index is 12.7.